The number of amides is 1. The Labute approximate surface area is 139 Å². The van der Waals surface area contributed by atoms with E-state index < -0.39 is 17.3 Å². The second kappa shape index (κ2) is 5.72. The Balaban J connectivity index is 1.80. The normalized spacial score (nSPS) is 28.0. The maximum Gasteiger partial charge on any atom is 0.259 e. The lowest BCUT2D eigenvalue weighted by molar-refractivity contribution is -0.130. The van der Waals surface area contributed by atoms with Crippen molar-refractivity contribution in [3.8, 4) is 0 Å². The van der Waals surface area contributed by atoms with Gasteiger partial charge in [0.05, 0.1) is 17.7 Å². The molecule has 2 atom stereocenters. The Hall–Kier alpha value is -1.17. The number of rotatable bonds is 6. The summed E-state index contributed by atoms with van der Waals surface area (Å²) in [6.07, 6.45) is 3.52. The minimum absolute atomic E-state index is 0.0828. The second-order valence-electron chi connectivity index (χ2n) is 6.97. The zero-order valence-electron chi connectivity index (χ0n) is 13.4. The van der Waals surface area contributed by atoms with E-state index in [0.29, 0.717) is 12.8 Å². The zero-order chi connectivity index (χ0) is 16.8. The summed E-state index contributed by atoms with van der Waals surface area (Å²) in [7, 11) is 0. The number of aromatic nitrogens is 2. The lowest BCUT2D eigenvalue weighted by Crippen LogP contribution is -2.39. The molecule has 4 nitrogen and oxygen atoms in total. The highest BCUT2D eigenvalue weighted by atomic mass is 35.5. The molecule has 0 saturated heterocycles. The summed E-state index contributed by atoms with van der Waals surface area (Å²) in [6, 6.07) is 1.97. The van der Waals surface area contributed by atoms with Crippen LogP contribution in [0.3, 0.4) is 0 Å². The first-order valence-electron chi connectivity index (χ1n) is 8.07. The van der Waals surface area contributed by atoms with Gasteiger partial charge >= 0.3 is 0 Å². The third-order valence-corrected chi connectivity index (χ3v) is 5.56. The van der Waals surface area contributed by atoms with Gasteiger partial charge in [0.1, 0.15) is 5.88 Å². The van der Waals surface area contributed by atoms with E-state index in [1.807, 2.05) is 24.6 Å². The lowest BCUT2D eigenvalue weighted by atomic mass is 10.0. The fourth-order valence-electron chi connectivity index (χ4n) is 4.09. The molecule has 0 N–H and O–H groups in total. The smallest absolute Gasteiger partial charge is 0.259 e. The lowest BCUT2D eigenvalue weighted by Gasteiger charge is -2.27. The Bertz CT molecular complexity index is 604. The van der Waals surface area contributed by atoms with Crippen molar-refractivity contribution in [2.45, 2.75) is 51.6 Å². The molecule has 1 aromatic rings. The summed E-state index contributed by atoms with van der Waals surface area (Å²) in [5, 5.41) is 4.24. The Morgan fingerprint density at radius 2 is 2.30 bits per heavy atom. The van der Waals surface area contributed by atoms with E-state index in [0.717, 1.165) is 12.1 Å². The van der Waals surface area contributed by atoms with Gasteiger partial charge in [-0.05, 0) is 32.8 Å². The minimum Gasteiger partial charge on any atom is -0.335 e. The Kier molecular flexibility index (Phi) is 4.15. The molecule has 2 unspecified atom stereocenters. The summed E-state index contributed by atoms with van der Waals surface area (Å²) < 4.78 is 30.1. The topological polar surface area (TPSA) is 38.1 Å². The van der Waals surface area contributed by atoms with Crippen LogP contribution in [0.5, 0.6) is 0 Å². The van der Waals surface area contributed by atoms with Crippen LogP contribution in [0.1, 0.15) is 44.8 Å². The van der Waals surface area contributed by atoms with Crippen molar-refractivity contribution in [2.75, 3.05) is 12.4 Å². The van der Waals surface area contributed by atoms with E-state index >= 15 is 0 Å². The molecule has 2 aliphatic rings. The van der Waals surface area contributed by atoms with Gasteiger partial charge < -0.3 is 4.90 Å². The number of hydrogen-bond donors (Lipinski definition) is 0. The maximum absolute atomic E-state index is 14.1. The largest absolute Gasteiger partial charge is 0.335 e. The third-order valence-electron chi connectivity index (χ3n) is 5.34. The highest BCUT2D eigenvalue weighted by Gasteiger charge is 2.81. The first-order valence-corrected chi connectivity index (χ1v) is 8.61. The van der Waals surface area contributed by atoms with Crippen molar-refractivity contribution in [3.63, 3.8) is 0 Å². The molecule has 7 heteroatoms. The van der Waals surface area contributed by atoms with Crippen LogP contribution in [0.15, 0.2) is 12.3 Å². The highest BCUT2D eigenvalue weighted by Crippen LogP contribution is 2.74. The molecule has 3 rings (SSSR count). The first-order chi connectivity index (χ1) is 10.8. The number of halogens is 3. The number of alkyl halides is 3. The summed E-state index contributed by atoms with van der Waals surface area (Å²) in [4.78, 5) is 13.7. The van der Waals surface area contributed by atoms with Gasteiger partial charge in [0.2, 0.25) is 5.91 Å². The summed E-state index contributed by atoms with van der Waals surface area (Å²) >= 11 is 5.70. The molecule has 128 valence electrons. The quantitative estimate of drug-likeness (QED) is 0.740. The molecule has 0 spiro atoms. The van der Waals surface area contributed by atoms with E-state index in [9.17, 15) is 13.6 Å². The minimum atomic E-state index is -2.64. The van der Waals surface area contributed by atoms with Crippen LogP contribution in [-0.2, 0) is 11.3 Å². The van der Waals surface area contributed by atoms with Gasteiger partial charge in [0.15, 0.2) is 0 Å². The SMILES string of the molecule is CC(C)n1nccc1CN(CC12CCCC1C2(F)F)C(=O)CCl. The monoisotopic (exact) mass is 345 g/mol. The van der Waals surface area contributed by atoms with Crippen LogP contribution < -0.4 is 0 Å². The van der Waals surface area contributed by atoms with Crippen molar-refractivity contribution in [1.82, 2.24) is 14.7 Å². The summed E-state index contributed by atoms with van der Waals surface area (Å²) in [6.45, 7) is 4.34. The Morgan fingerprint density at radius 1 is 1.57 bits per heavy atom. The fourth-order valence-corrected chi connectivity index (χ4v) is 4.26. The van der Waals surface area contributed by atoms with Gasteiger partial charge in [-0.3, -0.25) is 9.48 Å². The molecule has 2 fully saturated rings. The summed E-state index contributed by atoms with van der Waals surface area (Å²) in [5.74, 6) is -3.71. The van der Waals surface area contributed by atoms with Crippen molar-refractivity contribution >= 4 is 17.5 Å². The molecule has 2 saturated carbocycles. The van der Waals surface area contributed by atoms with Gasteiger partial charge in [-0.15, -0.1) is 11.6 Å². The molecular formula is C16H22ClF2N3O. The van der Waals surface area contributed by atoms with Gasteiger partial charge in [-0.25, -0.2) is 8.78 Å². The van der Waals surface area contributed by atoms with Crippen LogP contribution in [0, 0.1) is 11.3 Å². The van der Waals surface area contributed by atoms with E-state index in [-0.39, 0.29) is 30.9 Å². The van der Waals surface area contributed by atoms with Gasteiger partial charge in [-0.1, -0.05) is 6.42 Å². The van der Waals surface area contributed by atoms with Crippen LogP contribution >= 0.6 is 11.6 Å². The van der Waals surface area contributed by atoms with Gasteiger partial charge in [-0.2, -0.15) is 5.10 Å². The zero-order valence-corrected chi connectivity index (χ0v) is 14.2. The molecule has 1 amide bonds. The molecule has 0 bridgehead atoms. The molecule has 0 aliphatic heterocycles. The summed E-state index contributed by atoms with van der Waals surface area (Å²) in [5.41, 5.74) is -0.189. The van der Waals surface area contributed by atoms with Gasteiger partial charge in [0.25, 0.3) is 5.92 Å². The van der Waals surface area contributed by atoms with Crippen LogP contribution in [0.2, 0.25) is 0 Å². The fraction of sp³-hybridized carbons (Fsp3) is 0.750. The number of hydrogen-bond acceptors (Lipinski definition) is 2. The van der Waals surface area contributed by atoms with E-state index in [1.165, 1.54) is 4.90 Å². The van der Waals surface area contributed by atoms with Crippen molar-refractivity contribution in [1.29, 1.82) is 0 Å². The van der Waals surface area contributed by atoms with Gasteiger partial charge in [0, 0.05) is 24.7 Å². The predicted molar refractivity (Wildman–Crippen MR) is 83.5 cm³/mol. The van der Waals surface area contributed by atoms with Crippen LogP contribution in [0.25, 0.3) is 0 Å². The van der Waals surface area contributed by atoms with Crippen molar-refractivity contribution < 1.29 is 13.6 Å². The van der Waals surface area contributed by atoms with Crippen LogP contribution in [0.4, 0.5) is 8.78 Å². The predicted octanol–water partition coefficient (Wildman–Crippen LogP) is 3.47. The molecule has 0 aromatic carbocycles. The van der Waals surface area contributed by atoms with Crippen molar-refractivity contribution in [3.05, 3.63) is 18.0 Å². The van der Waals surface area contributed by atoms with Crippen molar-refractivity contribution in [2.24, 2.45) is 11.3 Å². The standard InChI is InChI=1S/C16H22ClF2N3O/c1-11(2)22-12(5-7-20-22)9-21(14(23)8-17)10-15-6-3-4-13(15)16(15,18)19/h5,7,11,13H,3-4,6,8-10H2,1-2H3. The number of carbonyl (C=O) groups is 1. The molecule has 1 aromatic heterocycles. The second-order valence-corrected chi connectivity index (χ2v) is 7.24. The van der Waals surface area contributed by atoms with E-state index in [2.05, 4.69) is 5.10 Å². The molecule has 1 heterocycles. The average molecular weight is 346 g/mol. The van der Waals surface area contributed by atoms with E-state index in [4.69, 9.17) is 11.6 Å². The number of nitrogens with zero attached hydrogens (tertiary/aromatic N) is 3. The van der Waals surface area contributed by atoms with E-state index in [1.54, 1.807) is 6.20 Å². The average Bonchev–Trinajstić information content (AvgIpc) is 2.97. The number of carbonyl (C=O) groups excluding carboxylic acids is 1. The molecule has 23 heavy (non-hydrogen) atoms. The molecular weight excluding hydrogens is 324 g/mol. The highest BCUT2D eigenvalue weighted by molar-refractivity contribution is 6.27. The molecule has 0 radical (unpaired) electrons. The maximum atomic E-state index is 14.1. The molecule has 2 aliphatic carbocycles. The number of fused-ring (bicyclic) bond motifs is 1. The first kappa shape index (κ1) is 16.7. The Morgan fingerprint density at radius 3 is 2.87 bits per heavy atom. The van der Waals surface area contributed by atoms with Crippen LogP contribution in [-0.4, -0.2) is 38.9 Å². The third kappa shape index (κ3) is 2.55.